The number of fused-ring (bicyclic) bond motifs is 3. The quantitative estimate of drug-likeness (QED) is 0.382. The number of alkyl halides is 2. The highest BCUT2D eigenvalue weighted by Crippen LogP contribution is 2.30. The van der Waals surface area contributed by atoms with Crippen LogP contribution in [0.3, 0.4) is 0 Å². The Labute approximate surface area is 189 Å². The first-order valence-corrected chi connectivity index (χ1v) is 10.7. The third-order valence-electron chi connectivity index (χ3n) is 5.28. The van der Waals surface area contributed by atoms with Crippen LogP contribution in [0.5, 0.6) is 11.5 Å². The van der Waals surface area contributed by atoms with E-state index in [0.29, 0.717) is 43.2 Å². The minimum atomic E-state index is -2.92. The van der Waals surface area contributed by atoms with Gasteiger partial charge in [0, 0.05) is 13.1 Å². The van der Waals surface area contributed by atoms with Crippen LogP contribution in [0, 0.1) is 0 Å². The summed E-state index contributed by atoms with van der Waals surface area (Å²) in [5.74, 6) is 1.46. The Hall–Kier alpha value is -3.53. The van der Waals surface area contributed by atoms with Gasteiger partial charge in [0.25, 0.3) is 5.56 Å². The number of para-hydroxylation sites is 1. The molecule has 174 valence electrons. The number of hydrogen-bond acceptors (Lipinski definition) is 6. The Morgan fingerprint density at radius 1 is 1.06 bits per heavy atom. The normalized spacial score (nSPS) is 11.7. The lowest BCUT2D eigenvalue weighted by Gasteiger charge is -2.18. The SMILES string of the molecule is CCOc1cc(CN(C)Cc2nnc3n(CC)c(=O)c4ccccc4n23)ccc1OC(F)F. The summed E-state index contributed by atoms with van der Waals surface area (Å²) < 4.78 is 38.8. The molecule has 2 aromatic carbocycles. The molecule has 0 bridgehead atoms. The van der Waals surface area contributed by atoms with E-state index in [1.54, 1.807) is 29.7 Å². The maximum Gasteiger partial charge on any atom is 0.387 e. The van der Waals surface area contributed by atoms with Gasteiger partial charge in [-0.05, 0) is 50.7 Å². The molecule has 2 heterocycles. The molecule has 0 aliphatic carbocycles. The largest absolute Gasteiger partial charge is 0.490 e. The lowest BCUT2D eigenvalue weighted by molar-refractivity contribution is -0.0514. The lowest BCUT2D eigenvalue weighted by atomic mass is 10.2. The van der Waals surface area contributed by atoms with E-state index < -0.39 is 6.61 Å². The van der Waals surface area contributed by atoms with E-state index >= 15 is 0 Å². The van der Waals surface area contributed by atoms with E-state index in [0.717, 1.165) is 11.1 Å². The van der Waals surface area contributed by atoms with Crippen molar-refractivity contribution in [1.29, 1.82) is 0 Å². The fraction of sp³-hybridized carbons (Fsp3) is 0.348. The molecule has 33 heavy (non-hydrogen) atoms. The van der Waals surface area contributed by atoms with Gasteiger partial charge in [-0.15, -0.1) is 10.2 Å². The number of halogens is 2. The summed E-state index contributed by atoms with van der Waals surface area (Å²) >= 11 is 0. The molecular weight excluding hydrogens is 432 g/mol. The fourth-order valence-electron chi connectivity index (χ4n) is 3.92. The molecule has 4 rings (SSSR count). The highest BCUT2D eigenvalue weighted by molar-refractivity contribution is 5.80. The molecule has 4 aromatic rings. The summed E-state index contributed by atoms with van der Waals surface area (Å²) in [5, 5.41) is 9.24. The van der Waals surface area contributed by atoms with Gasteiger partial charge in [-0.2, -0.15) is 8.78 Å². The topological polar surface area (TPSA) is 73.9 Å². The Morgan fingerprint density at radius 2 is 1.85 bits per heavy atom. The zero-order valence-electron chi connectivity index (χ0n) is 18.7. The molecule has 8 nitrogen and oxygen atoms in total. The number of benzene rings is 2. The van der Waals surface area contributed by atoms with Gasteiger partial charge < -0.3 is 9.47 Å². The van der Waals surface area contributed by atoms with Gasteiger partial charge in [0.2, 0.25) is 5.78 Å². The highest BCUT2D eigenvalue weighted by atomic mass is 19.3. The third kappa shape index (κ3) is 4.51. The van der Waals surface area contributed by atoms with Crippen molar-refractivity contribution in [3.8, 4) is 11.5 Å². The fourth-order valence-corrected chi connectivity index (χ4v) is 3.92. The number of aromatic nitrogens is 4. The molecule has 2 aromatic heterocycles. The van der Waals surface area contributed by atoms with Crippen LogP contribution in [-0.2, 0) is 19.6 Å². The van der Waals surface area contributed by atoms with Crippen molar-refractivity contribution in [2.75, 3.05) is 13.7 Å². The van der Waals surface area contributed by atoms with Crippen molar-refractivity contribution in [1.82, 2.24) is 24.1 Å². The average Bonchev–Trinajstić information content (AvgIpc) is 3.19. The van der Waals surface area contributed by atoms with Crippen molar-refractivity contribution in [2.45, 2.75) is 40.1 Å². The molecule has 0 aliphatic rings. The molecule has 0 saturated heterocycles. The van der Waals surface area contributed by atoms with Crippen LogP contribution in [0.1, 0.15) is 25.2 Å². The van der Waals surface area contributed by atoms with E-state index in [1.807, 2.05) is 41.5 Å². The predicted octanol–water partition coefficient (Wildman–Crippen LogP) is 3.70. The van der Waals surface area contributed by atoms with Gasteiger partial charge >= 0.3 is 6.61 Å². The molecule has 0 aliphatic heterocycles. The molecular formula is C23H25F2N5O3. The number of rotatable bonds is 9. The van der Waals surface area contributed by atoms with Gasteiger partial charge in [0.15, 0.2) is 17.3 Å². The smallest absolute Gasteiger partial charge is 0.387 e. The third-order valence-corrected chi connectivity index (χ3v) is 5.28. The van der Waals surface area contributed by atoms with Crippen LogP contribution >= 0.6 is 0 Å². The standard InChI is InChI=1S/C23H25F2N5O3/c1-4-29-21(31)16-8-6-7-9-17(16)30-20(26-27-23(29)30)14-28(3)13-15-10-11-18(33-22(24)25)19(12-15)32-5-2/h6-12,22H,4-5,13-14H2,1-3H3. The first kappa shape index (κ1) is 22.7. The first-order chi connectivity index (χ1) is 15.9. The van der Waals surface area contributed by atoms with E-state index in [1.165, 1.54) is 6.07 Å². The molecule has 0 saturated carbocycles. The number of ether oxygens (including phenoxy) is 2. The Morgan fingerprint density at radius 3 is 2.58 bits per heavy atom. The zero-order valence-corrected chi connectivity index (χ0v) is 18.7. The summed E-state index contributed by atoms with van der Waals surface area (Å²) in [7, 11) is 1.92. The van der Waals surface area contributed by atoms with Crippen molar-refractivity contribution in [3.63, 3.8) is 0 Å². The summed E-state index contributed by atoms with van der Waals surface area (Å²) in [5.41, 5.74) is 1.52. The summed E-state index contributed by atoms with van der Waals surface area (Å²) in [4.78, 5) is 14.8. The van der Waals surface area contributed by atoms with Crippen molar-refractivity contribution < 1.29 is 18.3 Å². The zero-order chi connectivity index (χ0) is 23.5. The average molecular weight is 457 g/mol. The molecule has 0 unspecified atom stereocenters. The van der Waals surface area contributed by atoms with Crippen LogP contribution in [0.4, 0.5) is 8.78 Å². The maximum absolute atomic E-state index is 12.8. The summed E-state index contributed by atoms with van der Waals surface area (Å²) in [6, 6.07) is 12.3. The number of nitrogens with zero attached hydrogens (tertiary/aromatic N) is 5. The van der Waals surface area contributed by atoms with Crippen LogP contribution < -0.4 is 15.0 Å². The second-order valence-electron chi connectivity index (χ2n) is 7.58. The number of hydrogen-bond donors (Lipinski definition) is 0. The van der Waals surface area contributed by atoms with Crippen molar-refractivity contribution >= 4 is 16.7 Å². The lowest BCUT2D eigenvalue weighted by Crippen LogP contribution is -2.24. The van der Waals surface area contributed by atoms with Crippen molar-refractivity contribution in [3.05, 3.63) is 64.2 Å². The minimum absolute atomic E-state index is 0.00529. The van der Waals surface area contributed by atoms with Gasteiger partial charge in [0.05, 0.1) is 24.1 Å². The number of aryl methyl sites for hydroxylation is 1. The molecule has 0 atom stereocenters. The van der Waals surface area contributed by atoms with Gasteiger partial charge in [-0.3, -0.25) is 18.7 Å². The van der Waals surface area contributed by atoms with E-state index in [4.69, 9.17) is 4.74 Å². The second kappa shape index (κ2) is 9.53. The highest BCUT2D eigenvalue weighted by Gasteiger charge is 2.17. The molecule has 0 N–H and O–H groups in total. The van der Waals surface area contributed by atoms with Crippen LogP contribution in [0.2, 0.25) is 0 Å². The van der Waals surface area contributed by atoms with E-state index in [2.05, 4.69) is 14.9 Å². The molecule has 0 fully saturated rings. The van der Waals surface area contributed by atoms with E-state index in [-0.39, 0.29) is 17.1 Å². The second-order valence-corrected chi connectivity index (χ2v) is 7.58. The molecule has 0 amide bonds. The summed E-state index contributed by atoms with van der Waals surface area (Å²) in [6.45, 7) is 2.52. The Balaban J connectivity index is 1.64. The minimum Gasteiger partial charge on any atom is -0.490 e. The van der Waals surface area contributed by atoms with Crippen molar-refractivity contribution in [2.24, 2.45) is 0 Å². The summed E-state index contributed by atoms with van der Waals surface area (Å²) in [6.07, 6.45) is 0. The first-order valence-electron chi connectivity index (χ1n) is 10.7. The molecule has 10 heteroatoms. The monoisotopic (exact) mass is 457 g/mol. The van der Waals surface area contributed by atoms with Gasteiger partial charge in [-0.1, -0.05) is 18.2 Å². The molecule has 0 radical (unpaired) electrons. The predicted molar refractivity (Wildman–Crippen MR) is 120 cm³/mol. The van der Waals surface area contributed by atoms with Gasteiger partial charge in [0.1, 0.15) is 0 Å². The Kier molecular flexibility index (Phi) is 6.55. The van der Waals surface area contributed by atoms with Gasteiger partial charge in [-0.25, -0.2) is 0 Å². The van der Waals surface area contributed by atoms with Crippen LogP contribution in [0.25, 0.3) is 16.7 Å². The van der Waals surface area contributed by atoms with Crippen LogP contribution in [-0.4, -0.2) is 44.3 Å². The molecule has 0 spiro atoms. The maximum atomic E-state index is 12.8. The van der Waals surface area contributed by atoms with E-state index in [9.17, 15) is 13.6 Å². The van der Waals surface area contributed by atoms with Crippen LogP contribution in [0.15, 0.2) is 47.3 Å². The Bertz CT molecular complexity index is 1340.